The van der Waals surface area contributed by atoms with Gasteiger partial charge in [0.05, 0.1) is 12.6 Å². The summed E-state index contributed by atoms with van der Waals surface area (Å²) in [6.07, 6.45) is 2.74. The molecule has 96 valence electrons. The van der Waals surface area contributed by atoms with Gasteiger partial charge in [0.2, 0.25) is 0 Å². The average Bonchev–Trinajstić information content (AvgIpc) is 2.42. The normalized spacial score (nSPS) is 11.2. The van der Waals surface area contributed by atoms with Crippen LogP contribution in [0.1, 0.15) is 12.0 Å². The molecular formula is C14H17NO2S. The number of aliphatic hydroxyl groups is 1. The van der Waals surface area contributed by atoms with Crippen molar-refractivity contribution in [2.75, 3.05) is 18.6 Å². The highest BCUT2D eigenvalue weighted by Crippen LogP contribution is 2.00. The lowest BCUT2D eigenvalue weighted by atomic mass is 10.2. The molecule has 0 saturated carbocycles. The monoisotopic (exact) mass is 263 g/mol. The molecule has 0 spiro atoms. The fraction of sp³-hybridized carbons (Fsp3) is 0.357. The van der Waals surface area contributed by atoms with Crippen molar-refractivity contribution in [1.29, 1.82) is 0 Å². The third-order valence-electron chi connectivity index (χ3n) is 2.32. The van der Waals surface area contributed by atoms with Crippen molar-refractivity contribution in [2.45, 2.75) is 12.5 Å². The molecule has 0 heterocycles. The van der Waals surface area contributed by atoms with Gasteiger partial charge in [-0.15, -0.1) is 0 Å². The first-order valence-corrected chi connectivity index (χ1v) is 7.13. The van der Waals surface area contributed by atoms with Gasteiger partial charge in [0.15, 0.2) is 0 Å². The van der Waals surface area contributed by atoms with E-state index in [2.05, 4.69) is 17.2 Å². The third kappa shape index (κ3) is 5.76. The fourth-order valence-corrected chi connectivity index (χ4v) is 1.86. The zero-order valence-electron chi connectivity index (χ0n) is 10.3. The first-order chi connectivity index (χ1) is 8.76. The number of hydrogen-bond acceptors (Lipinski definition) is 3. The van der Waals surface area contributed by atoms with Crippen molar-refractivity contribution >= 4 is 17.7 Å². The van der Waals surface area contributed by atoms with Crippen molar-refractivity contribution in [3.05, 3.63) is 35.9 Å². The molecule has 0 aliphatic carbocycles. The van der Waals surface area contributed by atoms with Crippen LogP contribution in [0.3, 0.4) is 0 Å². The summed E-state index contributed by atoms with van der Waals surface area (Å²) in [6, 6.07) is 9.12. The Kier molecular flexibility index (Phi) is 7.00. The Morgan fingerprint density at radius 1 is 1.44 bits per heavy atom. The second-order valence-electron chi connectivity index (χ2n) is 3.75. The molecule has 0 aliphatic rings. The number of aliphatic hydroxyl groups excluding tert-OH is 1. The van der Waals surface area contributed by atoms with Crippen LogP contribution in [0.25, 0.3) is 0 Å². The van der Waals surface area contributed by atoms with Crippen LogP contribution in [0.4, 0.5) is 0 Å². The van der Waals surface area contributed by atoms with Gasteiger partial charge in [-0.25, -0.2) is 0 Å². The molecule has 0 bridgehead atoms. The number of amides is 1. The summed E-state index contributed by atoms with van der Waals surface area (Å²) in [5.41, 5.74) is 0.803. The number of benzene rings is 1. The van der Waals surface area contributed by atoms with Gasteiger partial charge in [0.25, 0.3) is 5.91 Å². The number of carbonyl (C=O) groups excluding carboxylic acids is 1. The smallest absolute Gasteiger partial charge is 0.296 e. The highest BCUT2D eigenvalue weighted by atomic mass is 32.2. The molecule has 0 radical (unpaired) electrons. The van der Waals surface area contributed by atoms with E-state index in [1.165, 1.54) is 0 Å². The second kappa shape index (κ2) is 8.62. The Hall–Kier alpha value is -1.44. The maximum Gasteiger partial charge on any atom is 0.296 e. The summed E-state index contributed by atoms with van der Waals surface area (Å²) in [6.45, 7) is -0.0562. The summed E-state index contributed by atoms with van der Waals surface area (Å²) in [7, 11) is 0. The van der Waals surface area contributed by atoms with E-state index < -0.39 is 0 Å². The summed E-state index contributed by atoms with van der Waals surface area (Å²) in [4.78, 5) is 11.5. The molecule has 1 atom stereocenters. The molecule has 0 aromatic heterocycles. The minimum atomic E-state index is -0.348. The van der Waals surface area contributed by atoms with E-state index in [9.17, 15) is 4.79 Å². The van der Waals surface area contributed by atoms with Gasteiger partial charge >= 0.3 is 0 Å². The van der Waals surface area contributed by atoms with Crippen LogP contribution in [0.15, 0.2) is 30.3 Å². The van der Waals surface area contributed by atoms with Crippen molar-refractivity contribution < 1.29 is 9.90 Å². The minimum Gasteiger partial charge on any atom is -0.394 e. The molecule has 0 unspecified atom stereocenters. The second-order valence-corrected chi connectivity index (χ2v) is 4.74. The molecule has 1 rings (SSSR count). The van der Waals surface area contributed by atoms with Crippen LogP contribution >= 0.6 is 11.8 Å². The Morgan fingerprint density at radius 3 is 2.78 bits per heavy atom. The van der Waals surface area contributed by atoms with Crippen LogP contribution < -0.4 is 5.32 Å². The molecule has 0 saturated heterocycles. The van der Waals surface area contributed by atoms with Gasteiger partial charge in [0, 0.05) is 11.5 Å². The Morgan fingerprint density at radius 2 is 2.17 bits per heavy atom. The van der Waals surface area contributed by atoms with Gasteiger partial charge in [-0.2, -0.15) is 11.8 Å². The first-order valence-electron chi connectivity index (χ1n) is 5.73. The molecular weight excluding hydrogens is 246 g/mol. The van der Waals surface area contributed by atoms with Crippen molar-refractivity contribution in [2.24, 2.45) is 0 Å². The number of nitrogens with one attached hydrogen (secondary N) is 1. The average molecular weight is 263 g/mol. The molecule has 0 aliphatic heterocycles. The van der Waals surface area contributed by atoms with E-state index >= 15 is 0 Å². The summed E-state index contributed by atoms with van der Waals surface area (Å²) >= 11 is 1.68. The lowest BCUT2D eigenvalue weighted by molar-refractivity contribution is -0.116. The fourth-order valence-electron chi connectivity index (χ4n) is 1.34. The number of hydrogen-bond donors (Lipinski definition) is 2. The van der Waals surface area contributed by atoms with E-state index in [4.69, 9.17) is 5.11 Å². The van der Waals surface area contributed by atoms with Gasteiger partial charge in [-0.1, -0.05) is 24.1 Å². The molecule has 1 amide bonds. The molecule has 3 nitrogen and oxygen atoms in total. The highest BCUT2D eigenvalue weighted by Gasteiger charge is 2.08. The molecule has 18 heavy (non-hydrogen) atoms. The summed E-state index contributed by atoms with van der Waals surface area (Å²) in [5, 5.41) is 11.8. The highest BCUT2D eigenvalue weighted by molar-refractivity contribution is 7.98. The number of carbonyl (C=O) groups is 1. The van der Waals surface area contributed by atoms with E-state index in [1.54, 1.807) is 11.8 Å². The Labute approximate surface area is 112 Å². The molecule has 2 N–H and O–H groups in total. The third-order valence-corrected chi connectivity index (χ3v) is 2.96. The van der Waals surface area contributed by atoms with E-state index in [0.29, 0.717) is 0 Å². The van der Waals surface area contributed by atoms with Crippen molar-refractivity contribution in [3.8, 4) is 11.8 Å². The zero-order chi connectivity index (χ0) is 13.2. The summed E-state index contributed by atoms with van der Waals surface area (Å²) < 4.78 is 0. The van der Waals surface area contributed by atoms with Gasteiger partial charge < -0.3 is 10.4 Å². The molecule has 0 fully saturated rings. The minimum absolute atomic E-state index is 0.0562. The lowest BCUT2D eigenvalue weighted by Crippen LogP contribution is -2.37. The standard InChI is InChI=1S/C14H17NO2S/c1-18-10-9-13(11-16)15-14(17)8-7-12-5-3-2-4-6-12/h2-6,13,16H,9-11H2,1H3,(H,15,17)/t13-/m0/s1. The predicted molar refractivity (Wildman–Crippen MR) is 75.3 cm³/mol. The van der Waals surface area contributed by atoms with Gasteiger partial charge in [0.1, 0.15) is 0 Å². The van der Waals surface area contributed by atoms with Crippen LogP contribution in [0.5, 0.6) is 0 Å². The molecule has 1 aromatic carbocycles. The van der Waals surface area contributed by atoms with Crippen LogP contribution in [-0.2, 0) is 4.79 Å². The van der Waals surface area contributed by atoms with Crippen LogP contribution in [0.2, 0.25) is 0 Å². The summed E-state index contributed by atoms with van der Waals surface area (Å²) in [5.74, 6) is 5.86. The van der Waals surface area contributed by atoms with Crippen molar-refractivity contribution in [3.63, 3.8) is 0 Å². The van der Waals surface area contributed by atoms with Crippen LogP contribution in [0, 0.1) is 11.8 Å². The van der Waals surface area contributed by atoms with Crippen molar-refractivity contribution in [1.82, 2.24) is 5.32 Å². The van der Waals surface area contributed by atoms with E-state index in [1.807, 2.05) is 36.6 Å². The van der Waals surface area contributed by atoms with Crippen LogP contribution in [-0.4, -0.2) is 35.7 Å². The van der Waals surface area contributed by atoms with Gasteiger partial charge in [-0.3, -0.25) is 4.79 Å². The quantitative estimate of drug-likeness (QED) is 0.787. The Bertz CT molecular complexity index is 422. The molecule has 4 heteroatoms. The molecule has 1 aromatic rings. The topological polar surface area (TPSA) is 49.3 Å². The number of rotatable bonds is 5. The van der Waals surface area contributed by atoms with E-state index in [-0.39, 0.29) is 18.6 Å². The lowest BCUT2D eigenvalue weighted by Gasteiger charge is -2.13. The Balaban J connectivity index is 2.48. The van der Waals surface area contributed by atoms with Gasteiger partial charge in [-0.05, 0) is 30.6 Å². The van der Waals surface area contributed by atoms with E-state index in [0.717, 1.165) is 17.7 Å². The SMILES string of the molecule is CSCC[C@@H](CO)NC(=O)C#Cc1ccccc1. The first kappa shape index (κ1) is 14.6. The maximum absolute atomic E-state index is 11.5. The zero-order valence-corrected chi connectivity index (χ0v) is 11.2. The number of thioether (sulfide) groups is 1. The largest absolute Gasteiger partial charge is 0.394 e. The maximum atomic E-state index is 11.5. The predicted octanol–water partition coefficient (Wildman–Crippen LogP) is 1.27.